The molecule has 160 valence electrons. The summed E-state index contributed by atoms with van der Waals surface area (Å²) < 4.78 is 7.50. The van der Waals surface area contributed by atoms with E-state index in [9.17, 15) is 9.59 Å². The van der Waals surface area contributed by atoms with E-state index >= 15 is 0 Å². The van der Waals surface area contributed by atoms with Crippen molar-refractivity contribution in [2.45, 2.75) is 25.4 Å². The molecule has 3 heterocycles. The Morgan fingerprint density at radius 1 is 1.10 bits per heavy atom. The lowest BCUT2D eigenvalue weighted by Crippen LogP contribution is -2.49. The molecule has 1 aromatic carbocycles. The molecule has 31 heavy (non-hydrogen) atoms. The Morgan fingerprint density at radius 3 is 2.65 bits per heavy atom. The lowest BCUT2D eigenvalue weighted by atomic mass is 9.96. The number of aryl methyl sites for hydroxylation is 1. The molecule has 1 saturated heterocycles. The van der Waals surface area contributed by atoms with Crippen LogP contribution in [-0.4, -0.2) is 57.6 Å². The number of ether oxygens (including phenoxy) is 1. The first-order chi connectivity index (χ1) is 15.1. The van der Waals surface area contributed by atoms with Gasteiger partial charge in [0, 0.05) is 45.1 Å². The predicted molar refractivity (Wildman–Crippen MR) is 118 cm³/mol. The molecule has 3 aromatic rings. The van der Waals surface area contributed by atoms with Crippen LogP contribution in [0.1, 0.15) is 29.6 Å². The number of hydrogen-bond acceptors (Lipinski definition) is 6. The second kappa shape index (κ2) is 8.02. The van der Waals surface area contributed by atoms with Gasteiger partial charge in [-0.25, -0.2) is 9.97 Å². The van der Waals surface area contributed by atoms with Gasteiger partial charge in [0.05, 0.1) is 10.9 Å². The van der Waals surface area contributed by atoms with Crippen molar-refractivity contribution in [3.63, 3.8) is 0 Å². The summed E-state index contributed by atoms with van der Waals surface area (Å²) >= 11 is 0. The van der Waals surface area contributed by atoms with E-state index in [1.807, 2.05) is 12.1 Å². The van der Waals surface area contributed by atoms with Gasteiger partial charge in [0.1, 0.15) is 18.0 Å². The number of anilines is 1. The lowest BCUT2D eigenvalue weighted by molar-refractivity contribution is 0.0744. The smallest absolute Gasteiger partial charge is 0.263 e. The Hall–Kier alpha value is -3.42. The van der Waals surface area contributed by atoms with Crippen molar-refractivity contribution >= 4 is 22.5 Å². The number of rotatable bonds is 4. The van der Waals surface area contributed by atoms with E-state index in [2.05, 4.69) is 20.9 Å². The summed E-state index contributed by atoms with van der Waals surface area (Å²) in [5.74, 6) is 0.439. The molecule has 0 radical (unpaired) electrons. The normalized spacial score (nSPS) is 16.9. The third kappa shape index (κ3) is 3.73. The molecule has 1 aliphatic heterocycles. The molecule has 0 spiro atoms. The van der Waals surface area contributed by atoms with Gasteiger partial charge in [-0.15, -0.1) is 0 Å². The molecule has 8 heteroatoms. The number of carbonyl (C=O) groups excluding carboxylic acids is 1. The van der Waals surface area contributed by atoms with Crippen molar-refractivity contribution in [1.82, 2.24) is 19.4 Å². The number of carbonyl (C=O) groups is 1. The van der Waals surface area contributed by atoms with Crippen LogP contribution >= 0.6 is 0 Å². The fourth-order valence-electron chi connectivity index (χ4n) is 4.06. The lowest BCUT2D eigenvalue weighted by Gasteiger charge is -2.36. The molecule has 0 N–H and O–H groups in total. The maximum atomic E-state index is 12.8. The van der Waals surface area contributed by atoms with E-state index in [0.29, 0.717) is 32.1 Å². The van der Waals surface area contributed by atoms with Crippen LogP contribution in [0.5, 0.6) is 5.88 Å². The summed E-state index contributed by atoms with van der Waals surface area (Å²) in [4.78, 5) is 37.8. The third-order valence-electron chi connectivity index (χ3n) is 6.20. The largest absolute Gasteiger partial charge is 0.474 e. The van der Waals surface area contributed by atoms with Crippen molar-refractivity contribution in [1.29, 1.82) is 0 Å². The fraction of sp³-hybridized carbons (Fsp3) is 0.391. The van der Waals surface area contributed by atoms with E-state index in [1.165, 1.54) is 11.0 Å². The van der Waals surface area contributed by atoms with Crippen LogP contribution in [0.3, 0.4) is 0 Å². The average Bonchev–Trinajstić information content (AvgIpc) is 2.77. The second-order valence-corrected chi connectivity index (χ2v) is 8.17. The van der Waals surface area contributed by atoms with Gasteiger partial charge in [-0.2, -0.15) is 0 Å². The molecule has 5 rings (SSSR count). The second-order valence-electron chi connectivity index (χ2n) is 8.17. The van der Waals surface area contributed by atoms with Crippen LogP contribution in [0.15, 0.2) is 47.7 Å². The van der Waals surface area contributed by atoms with Gasteiger partial charge < -0.3 is 19.1 Å². The number of fused-ring (bicyclic) bond motifs is 1. The van der Waals surface area contributed by atoms with Gasteiger partial charge in [-0.3, -0.25) is 9.59 Å². The summed E-state index contributed by atoms with van der Waals surface area (Å²) in [6.45, 7) is 2.51. The van der Waals surface area contributed by atoms with Crippen LogP contribution < -0.4 is 15.2 Å². The fourth-order valence-corrected chi connectivity index (χ4v) is 4.06. The number of nitrogens with zero attached hydrogens (tertiary/aromatic N) is 5. The zero-order chi connectivity index (χ0) is 21.4. The first kappa shape index (κ1) is 19.5. The van der Waals surface area contributed by atoms with Gasteiger partial charge in [-0.05, 0) is 49.6 Å². The van der Waals surface area contributed by atoms with Crippen molar-refractivity contribution in [3.8, 4) is 5.88 Å². The van der Waals surface area contributed by atoms with Gasteiger partial charge >= 0.3 is 0 Å². The van der Waals surface area contributed by atoms with Gasteiger partial charge in [0.15, 0.2) is 0 Å². The number of piperazine rings is 1. The molecule has 0 unspecified atom stereocenters. The molecule has 1 aliphatic carbocycles. The molecule has 2 aromatic heterocycles. The monoisotopic (exact) mass is 419 g/mol. The molecule has 0 bridgehead atoms. The van der Waals surface area contributed by atoms with Crippen LogP contribution in [-0.2, 0) is 7.05 Å². The van der Waals surface area contributed by atoms with E-state index in [-0.39, 0.29) is 23.1 Å². The minimum atomic E-state index is -0.261. The quantitative estimate of drug-likeness (QED) is 0.645. The van der Waals surface area contributed by atoms with E-state index in [0.717, 1.165) is 29.4 Å². The summed E-state index contributed by atoms with van der Waals surface area (Å²) in [6.07, 6.45) is 6.81. The Balaban J connectivity index is 1.32. The number of aromatic nitrogens is 3. The number of benzene rings is 1. The Morgan fingerprint density at radius 2 is 1.90 bits per heavy atom. The molecular formula is C23H25N5O3. The highest BCUT2D eigenvalue weighted by molar-refractivity contribution is 5.94. The maximum Gasteiger partial charge on any atom is 0.263 e. The van der Waals surface area contributed by atoms with Crippen LogP contribution in [0, 0.1) is 0 Å². The van der Waals surface area contributed by atoms with Crippen molar-refractivity contribution in [2.75, 3.05) is 31.1 Å². The average molecular weight is 419 g/mol. The van der Waals surface area contributed by atoms with Crippen LogP contribution in [0.4, 0.5) is 5.69 Å². The predicted octanol–water partition coefficient (Wildman–Crippen LogP) is 2.22. The standard InChI is InChI=1S/C23H25N5O3/c1-26-9-3-6-18(22(26)29)23(30)28-12-10-27(11-13-28)16-7-8-20-19(14-16)21(25-15-24-20)31-17-4-2-5-17/h3,6-9,14-15,17H,2,4-5,10-13H2,1H3. The Kier molecular flexibility index (Phi) is 5.05. The summed E-state index contributed by atoms with van der Waals surface area (Å²) in [7, 11) is 1.66. The topological polar surface area (TPSA) is 80.6 Å². The minimum Gasteiger partial charge on any atom is -0.474 e. The zero-order valence-electron chi connectivity index (χ0n) is 17.5. The van der Waals surface area contributed by atoms with Gasteiger partial charge in [-0.1, -0.05) is 0 Å². The van der Waals surface area contributed by atoms with Gasteiger partial charge in [0.2, 0.25) is 5.88 Å². The zero-order valence-corrected chi connectivity index (χ0v) is 17.5. The Bertz CT molecular complexity index is 1180. The van der Waals surface area contributed by atoms with Crippen molar-refractivity contribution < 1.29 is 9.53 Å². The highest BCUT2D eigenvalue weighted by Crippen LogP contribution is 2.31. The summed E-state index contributed by atoms with van der Waals surface area (Å²) in [6, 6.07) is 9.45. The van der Waals surface area contributed by atoms with E-state index in [4.69, 9.17) is 4.74 Å². The maximum absolute atomic E-state index is 12.8. The van der Waals surface area contributed by atoms with E-state index in [1.54, 1.807) is 36.6 Å². The van der Waals surface area contributed by atoms with Crippen molar-refractivity contribution in [3.05, 3.63) is 58.8 Å². The third-order valence-corrected chi connectivity index (χ3v) is 6.20. The first-order valence-corrected chi connectivity index (χ1v) is 10.7. The molecule has 2 aliphatic rings. The minimum absolute atomic E-state index is 0.205. The number of amides is 1. The van der Waals surface area contributed by atoms with Crippen molar-refractivity contribution in [2.24, 2.45) is 7.05 Å². The molecule has 2 fully saturated rings. The van der Waals surface area contributed by atoms with E-state index < -0.39 is 0 Å². The number of pyridine rings is 1. The first-order valence-electron chi connectivity index (χ1n) is 10.7. The highest BCUT2D eigenvalue weighted by Gasteiger charge is 2.25. The molecule has 1 saturated carbocycles. The number of hydrogen-bond donors (Lipinski definition) is 0. The van der Waals surface area contributed by atoms with Gasteiger partial charge in [0.25, 0.3) is 11.5 Å². The molecule has 8 nitrogen and oxygen atoms in total. The molecule has 1 amide bonds. The Labute approximate surface area is 180 Å². The summed E-state index contributed by atoms with van der Waals surface area (Å²) in [5, 5.41) is 0.915. The molecular weight excluding hydrogens is 394 g/mol. The summed E-state index contributed by atoms with van der Waals surface area (Å²) in [5.41, 5.74) is 1.88. The van der Waals surface area contributed by atoms with Crippen LogP contribution in [0.2, 0.25) is 0 Å². The van der Waals surface area contributed by atoms with Crippen LogP contribution in [0.25, 0.3) is 10.9 Å². The molecule has 0 atom stereocenters. The SMILES string of the molecule is Cn1cccc(C(=O)N2CCN(c3ccc4ncnc(OC5CCC5)c4c3)CC2)c1=O. The highest BCUT2D eigenvalue weighted by atomic mass is 16.5.